The summed E-state index contributed by atoms with van der Waals surface area (Å²) in [7, 11) is 0. The molecular formula is C23H27N3O6. The van der Waals surface area contributed by atoms with Gasteiger partial charge < -0.3 is 14.1 Å². The van der Waals surface area contributed by atoms with Crippen molar-refractivity contribution in [1.82, 2.24) is 9.80 Å². The topological polar surface area (TPSA) is 106 Å². The number of carbonyl (C=O) groups excluding carboxylic acids is 1. The number of amides is 1. The summed E-state index contributed by atoms with van der Waals surface area (Å²) in [5.41, 5.74) is -0.320. The zero-order valence-corrected chi connectivity index (χ0v) is 18.5. The van der Waals surface area contributed by atoms with Gasteiger partial charge in [-0.25, -0.2) is 9.59 Å². The minimum Gasteiger partial charge on any atom is -0.444 e. The molecule has 1 amide bonds. The number of hydrogen-bond acceptors (Lipinski definition) is 7. The monoisotopic (exact) mass is 441 g/mol. The van der Waals surface area contributed by atoms with Crippen LogP contribution in [0.3, 0.4) is 0 Å². The van der Waals surface area contributed by atoms with Gasteiger partial charge in [-0.15, -0.1) is 0 Å². The van der Waals surface area contributed by atoms with Crippen LogP contribution in [-0.2, 0) is 4.74 Å². The normalized spacial score (nSPS) is 19.8. The molecule has 0 spiro atoms. The highest BCUT2D eigenvalue weighted by Gasteiger charge is 2.31. The third kappa shape index (κ3) is 4.52. The van der Waals surface area contributed by atoms with Crippen molar-refractivity contribution in [3.8, 4) is 0 Å². The molecule has 1 saturated heterocycles. The highest BCUT2D eigenvalue weighted by atomic mass is 16.6. The molecule has 2 aliphatic rings. The van der Waals surface area contributed by atoms with Crippen LogP contribution in [0.15, 0.2) is 39.6 Å². The predicted octanol–water partition coefficient (Wildman–Crippen LogP) is 3.80. The van der Waals surface area contributed by atoms with Crippen LogP contribution in [0.1, 0.15) is 39.4 Å². The van der Waals surface area contributed by atoms with Gasteiger partial charge in [0.05, 0.1) is 15.7 Å². The van der Waals surface area contributed by atoms with Crippen LogP contribution >= 0.6 is 0 Å². The Morgan fingerprint density at radius 2 is 1.91 bits per heavy atom. The minimum atomic E-state index is -0.573. The van der Waals surface area contributed by atoms with E-state index in [1.165, 1.54) is 18.2 Å². The van der Waals surface area contributed by atoms with Crippen molar-refractivity contribution < 1.29 is 18.9 Å². The molecule has 9 heteroatoms. The molecule has 1 aliphatic heterocycles. The molecule has 1 fully saturated rings. The van der Waals surface area contributed by atoms with Crippen molar-refractivity contribution >= 4 is 28.1 Å². The number of nitro groups is 1. The van der Waals surface area contributed by atoms with E-state index in [2.05, 4.69) is 11.0 Å². The van der Waals surface area contributed by atoms with E-state index in [0.717, 1.165) is 25.1 Å². The standard InChI is InChI=1S/C23H27N3O6/c1-23(2,3)32-22(28)25-11-9-24(10-12-25)16-8-7-15(13-16)20-14-18-17(21(27)31-20)5-4-6-19(18)26(29)30/h4-6,13-14,16H,7-12H2,1-3H3/t16-/m1/s1. The van der Waals surface area contributed by atoms with E-state index < -0.39 is 16.1 Å². The summed E-state index contributed by atoms with van der Waals surface area (Å²) in [5, 5.41) is 11.9. The van der Waals surface area contributed by atoms with Gasteiger partial charge in [-0.1, -0.05) is 12.1 Å². The summed E-state index contributed by atoms with van der Waals surface area (Å²) < 4.78 is 11.0. The number of benzene rings is 1. The SMILES string of the molecule is CC(C)(C)OC(=O)N1CCN([C@H]2C=C(c3cc4c([N+](=O)[O-])cccc4c(=O)o3)CC2)CC1. The largest absolute Gasteiger partial charge is 0.444 e. The van der Waals surface area contributed by atoms with Crippen LogP contribution in [-0.4, -0.2) is 58.6 Å². The van der Waals surface area contributed by atoms with Crippen LogP contribution < -0.4 is 5.63 Å². The molecule has 4 rings (SSSR count). The third-order valence-corrected chi connectivity index (χ3v) is 5.83. The number of allylic oxidation sites excluding steroid dienone is 1. The van der Waals surface area contributed by atoms with Crippen LogP contribution in [0.4, 0.5) is 10.5 Å². The molecule has 9 nitrogen and oxygen atoms in total. The van der Waals surface area contributed by atoms with Gasteiger partial charge in [-0.05, 0) is 51.3 Å². The summed E-state index contributed by atoms with van der Waals surface area (Å²) in [6.45, 7) is 8.18. The van der Waals surface area contributed by atoms with Crippen molar-refractivity contribution in [1.29, 1.82) is 0 Å². The van der Waals surface area contributed by atoms with Crippen LogP contribution in [0.25, 0.3) is 16.3 Å². The summed E-state index contributed by atoms with van der Waals surface area (Å²) >= 11 is 0. The van der Waals surface area contributed by atoms with E-state index >= 15 is 0 Å². The van der Waals surface area contributed by atoms with E-state index in [9.17, 15) is 19.7 Å². The van der Waals surface area contributed by atoms with E-state index in [-0.39, 0.29) is 23.2 Å². The molecule has 0 unspecified atom stereocenters. The minimum absolute atomic E-state index is 0.106. The summed E-state index contributed by atoms with van der Waals surface area (Å²) in [6.07, 6.45) is 3.35. The number of nitrogens with zero attached hydrogens (tertiary/aromatic N) is 3. The molecule has 0 N–H and O–H groups in total. The molecule has 2 heterocycles. The Hall–Kier alpha value is -3.20. The highest BCUT2D eigenvalue weighted by molar-refractivity contribution is 5.91. The average molecular weight is 441 g/mol. The second-order valence-corrected chi connectivity index (χ2v) is 9.19. The summed E-state index contributed by atoms with van der Waals surface area (Å²) in [6, 6.07) is 6.18. The van der Waals surface area contributed by atoms with E-state index in [0.29, 0.717) is 30.7 Å². The molecule has 2 aromatic rings. The van der Waals surface area contributed by atoms with Gasteiger partial charge in [-0.2, -0.15) is 0 Å². The van der Waals surface area contributed by atoms with Gasteiger partial charge in [-0.3, -0.25) is 15.0 Å². The van der Waals surface area contributed by atoms with Gasteiger partial charge in [0.2, 0.25) is 0 Å². The van der Waals surface area contributed by atoms with Crippen LogP contribution in [0.5, 0.6) is 0 Å². The number of nitro benzene ring substituents is 1. The van der Waals surface area contributed by atoms with Gasteiger partial charge in [0.15, 0.2) is 0 Å². The number of non-ortho nitro benzene ring substituents is 1. The lowest BCUT2D eigenvalue weighted by atomic mass is 10.1. The number of rotatable bonds is 3. The van der Waals surface area contributed by atoms with Crippen molar-refractivity contribution in [2.75, 3.05) is 26.2 Å². The quantitative estimate of drug-likeness (QED) is 0.527. The molecular weight excluding hydrogens is 414 g/mol. The second-order valence-electron chi connectivity index (χ2n) is 9.19. The third-order valence-electron chi connectivity index (χ3n) is 5.83. The summed E-state index contributed by atoms with van der Waals surface area (Å²) in [5.74, 6) is 0.381. The lowest BCUT2D eigenvalue weighted by Crippen LogP contribution is -2.52. The Kier molecular flexibility index (Phi) is 5.77. The number of fused-ring (bicyclic) bond motifs is 1. The van der Waals surface area contributed by atoms with Crippen molar-refractivity contribution in [3.05, 3.63) is 56.6 Å². The molecule has 1 aliphatic carbocycles. The molecule has 1 aromatic carbocycles. The van der Waals surface area contributed by atoms with Crippen LogP contribution in [0.2, 0.25) is 0 Å². The first kappa shape index (κ1) is 22.0. The zero-order valence-electron chi connectivity index (χ0n) is 18.5. The van der Waals surface area contributed by atoms with Gasteiger partial charge in [0.25, 0.3) is 5.69 Å². The number of ether oxygens (including phenoxy) is 1. The Bertz CT molecular complexity index is 1140. The lowest BCUT2D eigenvalue weighted by molar-refractivity contribution is -0.383. The lowest BCUT2D eigenvalue weighted by Gasteiger charge is -2.37. The van der Waals surface area contributed by atoms with E-state index in [1.807, 2.05) is 20.8 Å². The predicted molar refractivity (Wildman–Crippen MR) is 120 cm³/mol. The molecule has 1 atom stereocenters. The first-order valence-corrected chi connectivity index (χ1v) is 10.8. The van der Waals surface area contributed by atoms with Gasteiger partial charge in [0, 0.05) is 38.3 Å². The van der Waals surface area contributed by atoms with Crippen molar-refractivity contribution in [2.45, 2.75) is 45.3 Å². The molecule has 170 valence electrons. The molecule has 32 heavy (non-hydrogen) atoms. The first-order chi connectivity index (χ1) is 15.1. The first-order valence-electron chi connectivity index (χ1n) is 10.8. The number of hydrogen-bond donors (Lipinski definition) is 0. The average Bonchev–Trinajstić information content (AvgIpc) is 3.22. The van der Waals surface area contributed by atoms with E-state index in [1.54, 1.807) is 11.0 Å². The summed E-state index contributed by atoms with van der Waals surface area (Å²) in [4.78, 5) is 39.6. The fraction of sp³-hybridized carbons (Fsp3) is 0.478. The van der Waals surface area contributed by atoms with Gasteiger partial charge in [0.1, 0.15) is 11.4 Å². The van der Waals surface area contributed by atoms with Gasteiger partial charge >= 0.3 is 11.7 Å². The second kappa shape index (κ2) is 8.38. The van der Waals surface area contributed by atoms with E-state index in [4.69, 9.17) is 9.15 Å². The molecule has 0 radical (unpaired) electrons. The van der Waals surface area contributed by atoms with Crippen LogP contribution in [0, 0.1) is 10.1 Å². The Morgan fingerprint density at radius 3 is 2.56 bits per heavy atom. The number of piperazine rings is 1. The smallest absolute Gasteiger partial charge is 0.410 e. The molecule has 0 saturated carbocycles. The zero-order chi connectivity index (χ0) is 23.0. The number of carbonyl (C=O) groups is 1. The maximum Gasteiger partial charge on any atom is 0.410 e. The maximum absolute atomic E-state index is 12.4. The highest BCUT2D eigenvalue weighted by Crippen LogP contribution is 2.33. The molecule has 0 bridgehead atoms. The Morgan fingerprint density at radius 1 is 1.19 bits per heavy atom. The fourth-order valence-electron chi connectivity index (χ4n) is 4.27. The fourth-order valence-corrected chi connectivity index (χ4v) is 4.27. The maximum atomic E-state index is 12.4. The Balaban J connectivity index is 1.49. The van der Waals surface area contributed by atoms with Crippen molar-refractivity contribution in [2.24, 2.45) is 0 Å². The van der Waals surface area contributed by atoms with Crippen molar-refractivity contribution in [3.63, 3.8) is 0 Å². The Labute approximate surface area is 185 Å². The molecule has 1 aromatic heterocycles.